The average Bonchev–Trinajstić information content (AvgIpc) is 2.71. The van der Waals surface area contributed by atoms with Gasteiger partial charge in [0.2, 0.25) is 11.8 Å². The van der Waals surface area contributed by atoms with Crippen LogP contribution in [0.25, 0.3) is 0 Å². The molecule has 0 bridgehead atoms. The molecule has 1 aromatic carbocycles. The molecule has 2 amide bonds. The summed E-state index contributed by atoms with van der Waals surface area (Å²) in [5, 5.41) is 6.91. The predicted octanol–water partition coefficient (Wildman–Crippen LogP) is 0.817. The Kier molecular flexibility index (Phi) is 6.61. The first-order chi connectivity index (χ1) is 14.0. The molecule has 1 fully saturated rings. The number of morpholine rings is 1. The van der Waals surface area contributed by atoms with Crippen molar-refractivity contribution in [3.63, 3.8) is 0 Å². The number of methoxy groups -OCH3 is 1. The molecule has 0 radical (unpaired) electrons. The molecule has 3 rings (SSSR count). The fourth-order valence-electron chi connectivity index (χ4n) is 3.14. The van der Waals surface area contributed by atoms with E-state index in [0.717, 1.165) is 4.68 Å². The van der Waals surface area contributed by atoms with Crippen LogP contribution in [0.3, 0.4) is 0 Å². The zero-order chi connectivity index (χ0) is 20.8. The van der Waals surface area contributed by atoms with Crippen molar-refractivity contribution in [1.29, 1.82) is 0 Å². The minimum Gasteiger partial charge on any atom is -0.497 e. The monoisotopic (exact) mass is 400 g/mol. The van der Waals surface area contributed by atoms with E-state index in [2.05, 4.69) is 10.4 Å². The molecule has 2 aromatic rings. The summed E-state index contributed by atoms with van der Waals surface area (Å²) in [5.74, 6) is 0.200. The van der Waals surface area contributed by atoms with Crippen molar-refractivity contribution in [2.24, 2.45) is 0 Å². The van der Waals surface area contributed by atoms with Crippen LogP contribution in [-0.2, 0) is 20.9 Å². The molecule has 0 spiro atoms. The number of ether oxygens (including phenoxy) is 2. The van der Waals surface area contributed by atoms with Crippen LogP contribution in [0.5, 0.6) is 5.75 Å². The molecule has 2 heterocycles. The maximum atomic E-state index is 12.8. The maximum absolute atomic E-state index is 12.8. The number of amides is 2. The van der Waals surface area contributed by atoms with Gasteiger partial charge in [0.05, 0.1) is 32.1 Å². The molecular formula is C20H24N4O5. The van der Waals surface area contributed by atoms with Gasteiger partial charge in [0.25, 0.3) is 5.56 Å². The summed E-state index contributed by atoms with van der Waals surface area (Å²) in [7, 11) is 1.57. The summed E-state index contributed by atoms with van der Waals surface area (Å²) in [5.41, 5.74) is 0.946. The Bertz CT molecular complexity index is 925. The van der Waals surface area contributed by atoms with E-state index in [1.165, 1.54) is 6.07 Å². The van der Waals surface area contributed by atoms with Gasteiger partial charge in [0.1, 0.15) is 12.3 Å². The van der Waals surface area contributed by atoms with Gasteiger partial charge in [0.15, 0.2) is 0 Å². The highest BCUT2D eigenvalue weighted by molar-refractivity contribution is 5.91. The normalized spacial score (nSPS) is 16.3. The van der Waals surface area contributed by atoms with E-state index in [-0.39, 0.29) is 36.9 Å². The van der Waals surface area contributed by atoms with Crippen LogP contribution in [0.2, 0.25) is 0 Å². The number of anilines is 1. The van der Waals surface area contributed by atoms with Crippen molar-refractivity contribution in [3.05, 3.63) is 52.4 Å². The molecule has 1 aromatic heterocycles. The third-order valence-electron chi connectivity index (χ3n) is 4.63. The number of carbonyl (C=O) groups excluding carboxylic acids is 2. The number of benzene rings is 1. The van der Waals surface area contributed by atoms with Crippen LogP contribution in [0.4, 0.5) is 5.69 Å². The van der Waals surface area contributed by atoms with Crippen LogP contribution in [0, 0.1) is 6.92 Å². The number of hydrogen-bond acceptors (Lipinski definition) is 6. The van der Waals surface area contributed by atoms with Gasteiger partial charge in [-0.2, -0.15) is 5.10 Å². The molecule has 1 unspecified atom stereocenters. The van der Waals surface area contributed by atoms with Crippen LogP contribution in [-0.4, -0.2) is 59.4 Å². The molecule has 1 aliphatic rings. The van der Waals surface area contributed by atoms with Crippen molar-refractivity contribution < 1.29 is 19.1 Å². The number of rotatable bonds is 6. The first-order valence-electron chi connectivity index (χ1n) is 9.32. The third-order valence-corrected chi connectivity index (χ3v) is 4.63. The van der Waals surface area contributed by atoms with Crippen LogP contribution in [0.15, 0.2) is 41.2 Å². The van der Waals surface area contributed by atoms with Gasteiger partial charge in [-0.15, -0.1) is 0 Å². The van der Waals surface area contributed by atoms with Crippen molar-refractivity contribution in [3.8, 4) is 5.75 Å². The Morgan fingerprint density at radius 3 is 2.72 bits per heavy atom. The second-order valence-corrected chi connectivity index (χ2v) is 6.77. The lowest BCUT2D eigenvalue weighted by molar-refractivity contribution is -0.142. The van der Waals surface area contributed by atoms with E-state index in [4.69, 9.17) is 9.47 Å². The fourth-order valence-corrected chi connectivity index (χ4v) is 3.14. The Balaban J connectivity index is 1.63. The molecular weight excluding hydrogens is 376 g/mol. The van der Waals surface area contributed by atoms with Gasteiger partial charge >= 0.3 is 0 Å². The Morgan fingerprint density at radius 2 is 2.00 bits per heavy atom. The zero-order valence-corrected chi connectivity index (χ0v) is 16.5. The van der Waals surface area contributed by atoms with Gasteiger partial charge in [-0.1, -0.05) is 0 Å². The van der Waals surface area contributed by atoms with E-state index in [1.54, 1.807) is 49.3 Å². The van der Waals surface area contributed by atoms with Crippen LogP contribution in [0.1, 0.15) is 12.1 Å². The second kappa shape index (κ2) is 9.33. The summed E-state index contributed by atoms with van der Waals surface area (Å²) >= 11 is 0. The molecule has 29 heavy (non-hydrogen) atoms. The maximum Gasteiger partial charge on any atom is 0.267 e. The zero-order valence-electron chi connectivity index (χ0n) is 16.5. The number of nitrogens with zero attached hydrogens (tertiary/aromatic N) is 3. The standard InChI is InChI=1S/C20H24N4O5/c1-14-3-8-19(26)24(22-14)12-20(27)23-9-10-29-13-16(23)11-18(25)21-15-4-6-17(28-2)7-5-15/h3-8,16H,9-13H2,1-2H3,(H,21,25). The highest BCUT2D eigenvalue weighted by Crippen LogP contribution is 2.17. The third kappa shape index (κ3) is 5.41. The molecule has 9 heteroatoms. The number of hydrogen-bond donors (Lipinski definition) is 1. The fraction of sp³-hybridized carbons (Fsp3) is 0.400. The Labute approximate surface area is 168 Å². The largest absolute Gasteiger partial charge is 0.497 e. The van der Waals surface area contributed by atoms with Gasteiger partial charge in [-0.25, -0.2) is 4.68 Å². The van der Waals surface area contributed by atoms with E-state index >= 15 is 0 Å². The van der Waals surface area contributed by atoms with E-state index in [1.807, 2.05) is 0 Å². The number of aromatic nitrogens is 2. The number of aryl methyl sites for hydroxylation is 1. The lowest BCUT2D eigenvalue weighted by atomic mass is 10.1. The van der Waals surface area contributed by atoms with Crippen molar-refractivity contribution in [2.45, 2.75) is 25.9 Å². The molecule has 0 aliphatic carbocycles. The smallest absolute Gasteiger partial charge is 0.267 e. The number of carbonyl (C=O) groups is 2. The highest BCUT2D eigenvalue weighted by Gasteiger charge is 2.29. The van der Waals surface area contributed by atoms with E-state index < -0.39 is 6.04 Å². The van der Waals surface area contributed by atoms with Gasteiger partial charge in [-0.3, -0.25) is 14.4 Å². The quantitative estimate of drug-likeness (QED) is 0.770. The molecule has 0 saturated carbocycles. The minimum absolute atomic E-state index is 0.0912. The van der Waals surface area contributed by atoms with Gasteiger partial charge in [0, 0.05) is 24.7 Å². The lowest BCUT2D eigenvalue weighted by Crippen LogP contribution is -2.51. The van der Waals surface area contributed by atoms with Crippen molar-refractivity contribution >= 4 is 17.5 Å². The summed E-state index contributed by atoms with van der Waals surface area (Å²) in [6, 6.07) is 9.57. The van der Waals surface area contributed by atoms with Crippen LogP contribution >= 0.6 is 0 Å². The van der Waals surface area contributed by atoms with E-state index in [0.29, 0.717) is 30.3 Å². The lowest BCUT2D eigenvalue weighted by Gasteiger charge is -2.35. The Hall–Kier alpha value is -3.20. The minimum atomic E-state index is -0.407. The molecule has 1 aliphatic heterocycles. The summed E-state index contributed by atoms with van der Waals surface area (Å²) < 4.78 is 11.7. The van der Waals surface area contributed by atoms with Gasteiger partial charge in [-0.05, 0) is 37.3 Å². The molecule has 1 saturated heterocycles. The average molecular weight is 400 g/mol. The molecule has 1 N–H and O–H groups in total. The summed E-state index contributed by atoms with van der Waals surface area (Å²) in [4.78, 5) is 38.8. The second-order valence-electron chi connectivity index (χ2n) is 6.77. The first kappa shape index (κ1) is 20.5. The summed E-state index contributed by atoms with van der Waals surface area (Å²) in [6.45, 7) is 2.59. The van der Waals surface area contributed by atoms with Crippen molar-refractivity contribution in [1.82, 2.24) is 14.7 Å². The predicted molar refractivity (Wildman–Crippen MR) is 106 cm³/mol. The summed E-state index contributed by atoms with van der Waals surface area (Å²) in [6.07, 6.45) is 0.0912. The van der Waals surface area contributed by atoms with Crippen LogP contribution < -0.4 is 15.6 Å². The highest BCUT2D eigenvalue weighted by atomic mass is 16.5. The molecule has 1 atom stereocenters. The van der Waals surface area contributed by atoms with Gasteiger partial charge < -0.3 is 19.7 Å². The van der Waals surface area contributed by atoms with Crippen molar-refractivity contribution in [2.75, 3.05) is 32.2 Å². The SMILES string of the molecule is COc1ccc(NC(=O)CC2COCCN2C(=O)Cn2nc(C)ccc2=O)cc1. The van der Waals surface area contributed by atoms with E-state index in [9.17, 15) is 14.4 Å². The Morgan fingerprint density at radius 1 is 1.24 bits per heavy atom. The molecule has 154 valence electrons. The number of nitrogens with one attached hydrogen (secondary N) is 1. The first-order valence-corrected chi connectivity index (χ1v) is 9.32. The molecule has 9 nitrogen and oxygen atoms in total. The topological polar surface area (TPSA) is 103 Å².